The Hall–Kier alpha value is -1.68. The van der Waals surface area contributed by atoms with Crippen LogP contribution in [0.4, 0.5) is 13.2 Å². The molecular weight excluding hydrogens is 289 g/mol. The highest BCUT2D eigenvalue weighted by Crippen LogP contribution is 2.34. The molecule has 0 fully saturated rings. The summed E-state index contributed by atoms with van der Waals surface area (Å²) in [6.07, 6.45) is -4.73. The zero-order chi connectivity index (χ0) is 14.8. The highest BCUT2D eigenvalue weighted by Gasteiger charge is 2.32. The summed E-state index contributed by atoms with van der Waals surface area (Å²) in [6, 6.07) is 12.8. The molecular formula is C15H11ClF3O. The van der Waals surface area contributed by atoms with Crippen LogP contribution >= 0.6 is 11.6 Å². The summed E-state index contributed by atoms with van der Waals surface area (Å²) in [5, 5.41) is 0.556. The summed E-state index contributed by atoms with van der Waals surface area (Å²) in [5.41, 5.74) is 1.12. The molecule has 0 aliphatic rings. The average molecular weight is 300 g/mol. The number of para-hydroxylation sites is 1. The molecule has 0 heterocycles. The highest BCUT2D eigenvalue weighted by atomic mass is 35.5. The molecule has 0 aliphatic heterocycles. The first-order valence-electron chi connectivity index (χ1n) is 5.80. The van der Waals surface area contributed by atoms with Gasteiger partial charge in [0.05, 0.1) is 0 Å². The Kier molecular flexibility index (Phi) is 4.23. The van der Waals surface area contributed by atoms with Gasteiger partial charge in [0.1, 0.15) is 5.75 Å². The van der Waals surface area contributed by atoms with Crippen LogP contribution in [0, 0.1) is 6.92 Å². The molecule has 105 valence electrons. The van der Waals surface area contributed by atoms with E-state index in [0.29, 0.717) is 10.6 Å². The molecule has 1 nitrogen and oxygen atoms in total. The van der Waals surface area contributed by atoms with Crippen molar-refractivity contribution < 1.29 is 17.9 Å². The first-order valence-corrected chi connectivity index (χ1v) is 6.18. The first kappa shape index (κ1) is 14.7. The second-order valence-corrected chi connectivity index (χ2v) is 4.63. The highest BCUT2D eigenvalue weighted by molar-refractivity contribution is 6.30. The predicted molar refractivity (Wildman–Crippen MR) is 71.8 cm³/mol. The maximum atomic E-state index is 12.4. The van der Waals surface area contributed by atoms with E-state index >= 15 is 0 Å². The first-order chi connectivity index (χ1) is 9.37. The van der Waals surface area contributed by atoms with Crippen LogP contribution in [0.1, 0.15) is 17.0 Å². The van der Waals surface area contributed by atoms with Gasteiger partial charge in [-0.25, -0.2) is 0 Å². The summed E-state index contributed by atoms with van der Waals surface area (Å²) in [4.78, 5) is 0. The van der Waals surface area contributed by atoms with E-state index in [4.69, 9.17) is 11.6 Å². The minimum Gasteiger partial charge on any atom is -0.405 e. The zero-order valence-electron chi connectivity index (χ0n) is 10.3. The van der Waals surface area contributed by atoms with Crippen LogP contribution < -0.4 is 4.74 Å². The molecule has 0 amide bonds. The molecule has 0 saturated carbocycles. The number of alkyl halides is 3. The SMILES string of the molecule is [CH2]C(c1ccc(Cl)cc1)c1ccccc1OC(F)(F)F. The Morgan fingerprint density at radius 3 is 2.20 bits per heavy atom. The molecule has 5 heteroatoms. The summed E-state index contributed by atoms with van der Waals surface area (Å²) in [5.74, 6) is -0.722. The van der Waals surface area contributed by atoms with Crippen LogP contribution in [0.3, 0.4) is 0 Å². The van der Waals surface area contributed by atoms with Crippen molar-refractivity contribution in [2.75, 3.05) is 0 Å². The second-order valence-electron chi connectivity index (χ2n) is 4.19. The van der Waals surface area contributed by atoms with Crippen molar-refractivity contribution in [3.8, 4) is 5.75 Å². The molecule has 0 N–H and O–H groups in total. The van der Waals surface area contributed by atoms with E-state index in [-0.39, 0.29) is 5.75 Å². The van der Waals surface area contributed by atoms with E-state index in [1.54, 1.807) is 36.4 Å². The molecule has 20 heavy (non-hydrogen) atoms. The van der Waals surface area contributed by atoms with Crippen molar-refractivity contribution in [1.29, 1.82) is 0 Å². The molecule has 0 saturated heterocycles. The number of halogens is 4. The van der Waals surface area contributed by atoms with Gasteiger partial charge >= 0.3 is 6.36 Å². The van der Waals surface area contributed by atoms with E-state index in [1.165, 1.54) is 12.1 Å². The van der Waals surface area contributed by atoms with E-state index in [9.17, 15) is 13.2 Å². The second kappa shape index (κ2) is 5.75. The lowest BCUT2D eigenvalue weighted by atomic mass is 9.92. The van der Waals surface area contributed by atoms with Gasteiger partial charge in [0.2, 0.25) is 0 Å². The summed E-state index contributed by atoms with van der Waals surface area (Å²) >= 11 is 5.79. The Morgan fingerprint density at radius 2 is 1.60 bits per heavy atom. The van der Waals surface area contributed by atoms with Gasteiger partial charge in [-0.2, -0.15) is 0 Å². The fourth-order valence-electron chi connectivity index (χ4n) is 1.86. The smallest absolute Gasteiger partial charge is 0.405 e. The van der Waals surface area contributed by atoms with Crippen molar-refractivity contribution in [1.82, 2.24) is 0 Å². The molecule has 1 atom stereocenters. The van der Waals surface area contributed by atoms with Gasteiger partial charge in [-0.1, -0.05) is 41.9 Å². The normalized spacial score (nSPS) is 13.1. The fraction of sp³-hybridized carbons (Fsp3) is 0.133. The standard InChI is InChI=1S/C15H11ClF3O/c1-10(11-6-8-12(16)9-7-11)13-4-2-3-5-14(13)20-15(17,18)19/h2-10H,1H2. The van der Waals surface area contributed by atoms with Gasteiger partial charge in [0, 0.05) is 16.5 Å². The van der Waals surface area contributed by atoms with Crippen LogP contribution in [0.15, 0.2) is 48.5 Å². The molecule has 0 spiro atoms. The molecule has 2 rings (SSSR count). The summed E-state index contributed by atoms with van der Waals surface area (Å²) in [6.45, 7) is 3.91. The Morgan fingerprint density at radius 1 is 1.00 bits per heavy atom. The number of hydrogen-bond donors (Lipinski definition) is 0. The van der Waals surface area contributed by atoms with E-state index < -0.39 is 12.3 Å². The lowest BCUT2D eigenvalue weighted by Gasteiger charge is -2.18. The minimum atomic E-state index is -4.73. The summed E-state index contributed by atoms with van der Waals surface area (Å²) in [7, 11) is 0. The van der Waals surface area contributed by atoms with Crippen molar-refractivity contribution >= 4 is 11.6 Å². The number of hydrogen-bond acceptors (Lipinski definition) is 1. The van der Waals surface area contributed by atoms with Crippen molar-refractivity contribution in [2.45, 2.75) is 12.3 Å². The average Bonchev–Trinajstić information content (AvgIpc) is 2.37. The van der Waals surface area contributed by atoms with Crippen LogP contribution in [-0.2, 0) is 0 Å². The lowest BCUT2D eigenvalue weighted by molar-refractivity contribution is -0.274. The number of ether oxygens (including phenoxy) is 1. The van der Waals surface area contributed by atoms with Crippen molar-refractivity contribution in [3.63, 3.8) is 0 Å². The molecule has 1 radical (unpaired) electrons. The van der Waals surface area contributed by atoms with Crippen LogP contribution in [0.2, 0.25) is 5.02 Å². The third-order valence-corrected chi connectivity index (χ3v) is 3.04. The minimum absolute atomic E-state index is 0.241. The Balaban J connectivity index is 2.34. The van der Waals surface area contributed by atoms with Crippen molar-refractivity contribution in [2.24, 2.45) is 0 Å². The molecule has 1 unspecified atom stereocenters. The third kappa shape index (κ3) is 3.67. The quantitative estimate of drug-likeness (QED) is 0.756. The molecule has 0 bridgehead atoms. The van der Waals surface area contributed by atoms with Gasteiger partial charge in [0.25, 0.3) is 0 Å². The van der Waals surface area contributed by atoms with Crippen LogP contribution in [0.5, 0.6) is 5.75 Å². The van der Waals surface area contributed by atoms with Gasteiger partial charge in [-0.3, -0.25) is 0 Å². The van der Waals surface area contributed by atoms with Gasteiger partial charge < -0.3 is 4.74 Å². The van der Waals surface area contributed by atoms with Gasteiger partial charge in [-0.05, 0) is 30.7 Å². The predicted octanol–water partition coefficient (Wildman–Crippen LogP) is 5.20. The molecule has 2 aromatic rings. The van der Waals surface area contributed by atoms with Gasteiger partial charge in [-0.15, -0.1) is 13.2 Å². The molecule has 0 aromatic heterocycles. The fourth-order valence-corrected chi connectivity index (χ4v) is 1.99. The molecule has 2 aromatic carbocycles. The number of rotatable bonds is 3. The largest absolute Gasteiger partial charge is 0.573 e. The van der Waals surface area contributed by atoms with Crippen LogP contribution in [-0.4, -0.2) is 6.36 Å². The maximum Gasteiger partial charge on any atom is 0.573 e. The van der Waals surface area contributed by atoms with E-state index in [1.807, 2.05) is 0 Å². The van der Waals surface area contributed by atoms with Crippen LogP contribution in [0.25, 0.3) is 0 Å². The lowest BCUT2D eigenvalue weighted by Crippen LogP contribution is -2.18. The van der Waals surface area contributed by atoms with E-state index in [2.05, 4.69) is 11.7 Å². The van der Waals surface area contributed by atoms with Gasteiger partial charge in [0.15, 0.2) is 0 Å². The topological polar surface area (TPSA) is 9.23 Å². The third-order valence-electron chi connectivity index (χ3n) is 2.79. The Labute approximate surface area is 119 Å². The Bertz CT molecular complexity index is 578. The van der Waals surface area contributed by atoms with Crippen molar-refractivity contribution in [3.05, 3.63) is 71.6 Å². The number of benzene rings is 2. The zero-order valence-corrected chi connectivity index (χ0v) is 11.1. The monoisotopic (exact) mass is 299 g/mol. The summed E-state index contributed by atoms with van der Waals surface area (Å²) < 4.78 is 41.2. The molecule has 0 aliphatic carbocycles. The maximum absolute atomic E-state index is 12.4. The van der Waals surface area contributed by atoms with E-state index in [0.717, 1.165) is 5.56 Å².